The van der Waals surface area contributed by atoms with Crippen LogP contribution in [0.25, 0.3) is 44.5 Å². The number of hydrogen-bond acceptors (Lipinski definition) is 2. The van der Waals surface area contributed by atoms with Crippen LogP contribution in [0, 0.1) is 0 Å². The molecule has 0 bridgehead atoms. The van der Waals surface area contributed by atoms with Crippen LogP contribution in [0.4, 0.5) is 0 Å². The molecule has 0 amide bonds. The van der Waals surface area contributed by atoms with E-state index in [1.807, 2.05) is 24.3 Å². The van der Waals surface area contributed by atoms with E-state index in [1.165, 1.54) is 123 Å². The molecule has 0 spiro atoms. The summed E-state index contributed by atoms with van der Waals surface area (Å²) < 4.78 is 0. The Hall–Kier alpha value is -4.92. The summed E-state index contributed by atoms with van der Waals surface area (Å²) in [6.07, 6.45) is 21.0. The number of thiocarbonyl (C=S) groups is 1. The number of rotatable bonds is 20. The Morgan fingerprint density at radius 1 is 0.345 bits per heavy atom. The highest BCUT2D eigenvalue weighted by molar-refractivity contribution is 7.81. The van der Waals surface area contributed by atoms with Gasteiger partial charge in [0.2, 0.25) is 0 Å². The minimum absolute atomic E-state index is 0.0323. The first-order chi connectivity index (χ1) is 28.6. The minimum Gasteiger partial charge on any atom is -0.289 e. The molecule has 0 N–H and O–H groups in total. The standard InChI is InChI=1S/C56H60OS/c1-3-5-7-9-11-13-15-19-41-23-27-43(28-24-41)45-31-35-47(36-32-45)49-39-40-50(54-53(49)55(57)51-21-17-18-22-52(51)56(54)58)48-37-33-46(34-38-48)44-29-25-42(26-30-44)20-16-14-12-10-8-6-4-2/h17-18,21-40H,3-16,19-20H2,1-2H3. The molecule has 1 aliphatic rings. The topological polar surface area (TPSA) is 17.1 Å². The lowest BCUT2D eigenvalue weighted by molar-refractivity contribution is 0.103. The average Bonchev–Trinajstić information content (AvgIpc) is 3.28. The second kappa shape index (κ2) is 20.7. The van der Waals surface area contributed by atoms with Crippen LogP contribution in [-0.4, -0.2) is 10.6 Å². The van der Waals surface area contributed by atoms with Crippen molar-refractivity contribution in [2.75, 3.05) is 0 Å². The van der Waals surface area contributed by atoms with Gasteiger partial charge in [0.05, 0.1) is 4.86 Å². The van der Waals surface area contributed by atoms with E-state index in [-0.39, 0.29) is 5.78 Å². The predicted molar refractivity (Wildman–Crippen MR) is 252 cm³/mol. The van der Waals surface area contributed by atoms with Gasteiger partial charge in [-0.15, -0.1) is 0 Å². The fourth-order valence-electron chi connectivity index (χ4n) is 8.69. The summed E-state index contributed by atoms with van der Waals surface area (Å²) >= 11 is 6.24. The van der Waals surface area contributed by atoms with Gasteiger partial charge in [0.1, 0.15) is 0 Å². The maximum atomic E-state index is 14.4. The number of hydrogen-bond donors (Lipinski definition) is 0. The fourth-order valence-corrected chi connectivity index (χ4v) is 9.08. The van der Waals surface area contributed by atoms with E-state index < -0.39 is 0 Å². The molecule has 0 fully saturated rings. The first-order valence-corrected chi connectivity index (χ1v) is 22.7. The molecule has 0 saturated heterocycles. The van der Waals surface area contributed by atoms with E-state index in [9.17, 15) is 4.79 Å². The largest absolute Gasteiger partial charge is 0.289 e. The molecule has 7 rings (SSSR count). The molecule has 296 valence electrons. The van der Waals surface area contributed by atoms with E-state index in [1.54, 1.807) is 0 Å². The van der Waals surface area contributed by atoms with Crippen LogP contribution in [0.1, 0.15) is 142 Å². The lowest BCUT2D eigenvalue weighted by Gasteiger charge is -2.25. The van der Waals surface area contributed by atoms with E-state index in [2.05, 4.69) is 123 Å². The molecule has 0 unspecified atom stereocenters. The minimum atomic E-state index is 0.0323. The predicted octanol–water partition coefficient (Wildman–Crippen LogP) is 16.3. The number of fused-ring (bicyclic) bond motifs is 2. The van der Waals surface area contributed by atoms with Gasteiger partial charge >= 0.3 is 0 Å². The van der Waals surface area contributed by atoms with Crippen LogP contribution in [0.5, 0.6) is 0 Å². The number of carbonyl (C=O) groups is 1. The maximum Gasteiger partial charge on any atom is 0.194 e. The molecule has 0 saturated carbocycles. The molecule has 0 atom stereocenters. The Morgan fingerprint density at radius 3 is 1.12 bits per heavy atom. The lowest BCUT2D eigenvalue weighted by Crippen LogP contribution is -2.22. The highest BCUT2D eigenvalue weighted by Crippen LogP contribution is 2.41. The summed E-state index contributed by atoms with van der Waals surface area (Å²) in [7, 11) is 0. The van der Waals surface area contributed by atoms with E-state index in [0.717, 1.165) is 51.1 Å². The molecular weight excluding hydrogens is 721 g/mol. The average molecular weight is 781 g/mol. The fraction of sp³-hybridized carbons (Fsp3) is 0.321. The Balaban J connectivity index is 1.08. The SMILES string of the molecule is CCCCCCCCCc1ccc(-c2ccc(-c3ccc(-c4ccc(-c5ccc(CCCCCCCCC)cc5)cc4)c4c3C(=O)c3ccccc3C4=S)cc2)cc1. The number of aryl methyl sites for hydroxylation is 2. The lowest BCUT2D eigenvalue weighted by atomic mass is 9.77. The van der Waals surface area contributed by atoms with Crippen molar-refractivity contribution in [2.45, 2.75) is 117 Å². The van der Waals surface area contributed by atoms with Gasteiger partial charge in [-0.2, -0.15) is 0 Å². The van der Waals surface area contributed by atoms with Crippen molar-refractivity contribution in [3.63, 3.8) is 0 Å². The molecule has 6 aromatic rings. The number of carbonyl (C=O) groups excluding carboxylic acids is 1. The highest BCUT2D eigenvalue weighted by Gasteiger charge is 2.32. The Labute approximate surface area is 354 Å². The van der Waals surface area contributed by atoms with Crippen molar-refractivity contribution in [3.8, 4) is 44.5 Å². The van der Waals surface area contributed by atoms with Crippen molar-refractivity contribution < 1.29 is 4.79 Å². The van der Waals surface area contributed by atoms with Crippen LogP contribution in [0.2, 0.25) is 0 Å². The molecule has 2 heteroatoms. The summed E-state index contributed by atoms with van der Waals surface area (Å²) in [6, 6.07) is 47.7. The normalized spacial score (nSPS) is 12.1. The van der Waals surface area contributed by atoms with Crippen molar-refractivity contribution in [3.05, 3.63) is 167 Å². The second-order valence-corrected chi connectivity index (χ2v) is 16.8. The number of ketones is 1. The summed E-state index contributed by atoms with van der Waals surface area (Å²) in [5, 5.41) is 0. The van der Waals surface area contributed by atoms with E-state index in [0.29, 0.717) is 11.1 Å². The molecule has 0 aliphatic heterocycles. The van der Waals surface area contributed by atoms with Crippen LogP contribution in [0.15, 0.2) is 133 Å². The molecule has 0 heterocycles. The van der Waals surface area contributed by atoms with Gasteiger partial charge in [-0.05, 0) is 81.3 Å². The van der Waals surface area contributed by atoms with Crippen molar-refractivity contribution in [1.29, 1.82) is 0 Å². The van der Waals surface area contributed by atoms with Gasteiger partial charge < -0.3 is 0 Å². The van der Waals surface area contributed by atoms with Crippen LogP contribution in [0.3, 0.4) is 0 Å². The first-order valence-electron chi connectivity index (χ1n) is 22.3. The summed E-state index contributed by atoms with van der Waals surface area (Å²) in [4.78, 5) is 15.2. The zero-order chi connectivity index (χ0) is 40.1. The molecule has 58 heavy (non-hydrogen) atoms. The van der Waals surface area contributed by atoms with Crippen molar-refractivity contribution in [2.24, 2.45) is 0 Å². The monoisotopic (exact) mass is 780 g/mol. The van der Waals surface area contributed by atoms with Crippen molar-refractivity contribution in [1.82, 2.24) is 0 Å². The zero-order valence-corrected chi connectivity index (χ0v) is 35.6. The molecular formula is C56H60OS. The molecule has 1 aliphatic carbocycles. The van der Waals surface area contributed by atoms with Gasteiger partial charge in [-0.3, -0.25) is 4.79 Å². The van der Waals surface area contributed by atoms with Gasteiger partial charge in [0.15, 0.2) is 5.78 Å². The third kappa shape index (κ3) is 10.0. The van der Waals surface area contributed by atoms with Gasteiger partial charge in [-0.1, -0.05) is 237 Å². The highest BCUT2D eigenvalue weighted by atomic mass is 32.1. The van der Waals surface area contributed by atoms with Crippen LogP contribution in [-0.2, 0) is 12.8 Å². The summed E-state index contributed by atoms with van der Waals surface area (Å²) in [6.45, 7) is 4.55. The quantitative estimate of drug-likeness (QED) is 0.0566. The number of benzene rings is 6. The van der Waals surface area contributed by atoms with Crippen LogP contribution >= 0.6 is 12.2 Å². The Bertz CT molecular complexity index is 2100. The second-order valence-electron chi connectivity index (χ2n) is 16.4. The number of unbranched alkanes of at least 4 members (excludes halogenated alkanes) is 12. The smallest absolute Gasteiger partial charge is 0.194 e. The summed E-state index contributed by atoms with van der Waals surface area (Å²) in [5.74, 6) is 0.0323. The Kier molecular flexibility index (Phi) is 14.7. The third-order valence-electron chi connectivity index (χ3n) is 12.2. The molecule has 6 aromatic carbocycles. The first kappa shape index (κ1) is 41.2. The van der Waals surface area contributed by atoms with Crippen LogP contribution < -0.4 is 0 Å². The van der Waals surface area contributed by atoms with Gasteiger partial charge in [0, 0.05) is 22.3 Å². The third-order valence-corrected chi connectivity index (χ3v) is 12.6. The molecule has 0 aromatic heterocycles. The van der Waals surface area contributed by atoms with Gasteiger partial charge in [-0.25, -0.2) is 0 Å². The van der Waals surface area contributed by atoms with Gasteiger partial charge in [0.25, 0.3) is 0 Å². The van der Waals surface area contributed by atoms with E-state index in [4.69, 9.17) is 12.2 Å². The zero-order valence-electron chi connectivity index (χ0n) is 34.8. The van der Waals surface area contributed by atoms with Crippen molar-refractivity contribution >= 4 is 22.9 Å². The molecule has 0 radical (unpaired) electrons. The van der Waals surface area contributed by atoms with E-state index >= 15 is 0 Å². The molecule has 1 nitrogen and oxygen atoms in total. The maximum absolute atomic E-state index is 14.4. The Morgan fingerprint density at radius 2 is 0.690 bits per heavy atom. The summed E-state index contributed by atoms with van der Waals surface area (Å²) in [5.41, 5.74) is 14.7.